The summed E-state index contributed by atoms with van der Waals surface area (Å²) in [6.07, 6.45) is 0. The van der Waals surface area contributed by atoms with E-state index in [4.69, 9.17) is 0 Å². The lowest BCUT2D eigenvalue weighted by Crippen LogP contribution is -2.21. The van der Waals surface area contributed by atoms with Crippen LogP contribution in [0.1, 0.15) is 28.5 Å². The number of aromatic nitrogens is 2. The number of hydrazone groups is 1. The van der Waals surface area contributed by atoms with Crippen LogP contribution in [0.15, 0.2) is 35.4 Å². The summed E-state index contributed by atoms with van der Waals surface area (Å²) in [5.74, 6) is -0.518. The molecule has 0 saturated heterocycles. The summed E-state index contributed by atoms with van der Waals surface area (Å²) in [5, 5.41) is 18.6. The first-order valence-corrected chi connectivity index (χ1v) is 6.96. The summed E-state index contributed by atoms with van der Waals surface area (Å²) in [5.41, 5.74) is 5.20. The smallest absolute Gasteiger partial charge is 0.358 e. The predicted octanol–water partition coefficient (Wildman–Crippen LogP) is 2.21. The first-order valence-electron chi connectivity index (χ1n) is 6.96. The van der Waals surface area contributed by atoms with Gasteiger partial charge in [-0.05, 0) is 37.8 Å². The molecule has 0 spiro atoms. The van der Waals surface area contributed by atoms with Crippen molar-refractivity contribution < 1.29 is 9.72 Å². The molecule has 0 aliphatic rings. The molecule has 0 unspecified atom stereocenters. The number of hydrogen-bond donors (Lipinski definition) is 1. The summed E-state index contributed by atoms with van der Waals surface area (Å²) < 4.78 is 1.47. The average Bonchev–Trinajstić information content (AvgIpc) is 2.86. The molecule has 0 aliphatic carbocycles. The molecule has 120 valence electrons. The van der Waals surface area contributed by atoms with E-state index in [0.29, 0.717) is 17.0 Å². The second kappa shape index (κ2) is 6.82. The Labute approximate surface area is 133 Å². The van der Waals surface area contributed by atoms with Gasteiger partial charge in [-0.2, -0.15) is 9.78 Å². The second-order valence-electron chi connectivity index (χ2n) is 5.22. The molecular weight excluding hydrogens is 298 g/mol. The molecule has 0 radical (unpaired) electrons. The van der Waals surface area contributed by atoms with Gasteiger partial charge >= 0.3 is 5.82 Å². The predicted molar refractivity (Wildman–Crippen MR) is 85.4 cm³/mol. The van der Waals surface area contributed by atoms with Crippen molar-refractivity contribution in [2.24, 2.45) is 5.10 Å². The van der Waals surface area contributed by atoms with Crippen LogP contribution in [0.4, 0.5) is 5.82 Å². The van der Waals surface area contributed by atoms with Crippen molar-refractivity contribution in [2.75, 3.05) is 0 Å². The molecule has 0 atom stereocenters. The van der Waals surface area contributed by atoms with E-state index in [0.717, 1.165) is 5.56 Å². The Balaban J connectivity index is 2.03. The highest BCUT2D eigenvalue weighted by molar-refractivity contribution is 5.95. The molecule has 0 bridgehead atoms. The number of nitrogens with one attached hydrogen (secondary N) is 1. The van der Waals surface area contributed by atoms with E-state index in [1.54, 1.807) is 32.0 Å². The molecule has 1 aromatic carbocycles. The van der Waals surface area contributed by atoms with Crippen LogP contribution in [-0.2, 0) is 6.54 Å². The normalized spacial score (nSPS) is 11.3. The molecule has 8 heteroatoms. The van der Waals surface area contributed by atoms with Crippen molar-refractivity contribution in [3.05, 3.63) is 57.3 Å². The Morgan fingerprint density at radius 3 is 2.74 bits per heavy atom. The second-order valence-corrected chi connectivity index (χ2v) is 5.22. The molecule has 23 heavy (non-hydrogen) atoms. The number of benzene rings is 1. The van der Waals surface area contributed by atoms with Crippen LogP contribution in [0.5, 0.6) is 0 Å². The molecule has 8 nitrogen and oxygen atoms in total. The van der Waals surface area contributed by atoms with Crippen molar-refractivity contribution >= 4 is 17.4 Å². The lowest BCUT2D eigenvalue weighted by atomic mass is 10.1. The third-order valence-corrected chi connectivity index (χ3v) is 3.16. The van der Waals surface area contributed by atoms with Crippen LogP contribution in [-0.4, -0.2) is 26.3 Å². The highest BCUT2D eigenvalue weighted by atomic mass is 16.6. The Morgan fingerprint density at radius 2 is 2.13 bits per heavy atom. The number of nitrogens with zero attached hydrogens (tertiary/aromatic N) is 4. The maximum Gasteiger partial charge on any atom is 0.390 e. The number of hydrogen-bond acceptors (Lipinski definition) is 5. The van der Waals surface area contributed by atoms with E-state index >= 15 is 0 Å². The van der Waals surface area contributed by atoms with Crippen LogP contribution in [0.2, 0.25) is 0 Å². The number of amides is 1. The fraction of sp³-hybridized carbons (Fsp3) is 0.267. The molecule has 2 rings (SSSR count). The Hall–Kier alpha value is -3.03. The average molecular weight is 315 g/mol. The van der Waals surface area contributed by atoms with E-state index in [9.17, 15) is 14.9 Å². The topological polar surface area (TPSA) is 102 Å². The number of carbonyl (C=O) groups is 1. The number of aryl methyl sites for hydroxylation is 2. The van der Waals surface area contributed by atoms with Crippen LogP contribution < -0.4 is 5.43 Å². The lowest BCUT2D eigenvalue weighted by molar-refractivity contribution is -0.389. The van der Waals surface area contributed by atoms with Gasteiger partial charge in [-0.25, -0.2) is 5.43 Å². The molecule has 1 heterocycles. The molecular formula is C15H17N5O3. The van der Waals surface area contributed by atoms with Crippen LogP contribution in [0.25, 0.3) is 0 Å². The minimum absolute atomic E-state index is 0.209. The summed E-state index contributed by atoms with van der Waals surface area (Å²) in [6, 6.07) is 8.56. The molecule has 2 aromatic rings. The highest BCUT2D eigenvalue weighted by Crippen LogP contribution is 2.10. The minimum Gasteiger partial charge on any atom is -0.358 e. The van der Waals surface area contributed by atoms with E-state index in [1.165, 1.54) is 10.7 Å². The van der Waals surface area contributed by atoms with Gasteiger partial charge in [0.2, 0.25) is 0 Å². The molecule has 0 aliphatic heterocycles. The molecule has 1 aromatic heterocycles. The van der Waals surface area contributed by atoms with Gasteiger partial charge in [-0.15, -0.1) is 0 Å². The molecule has 1 N–H and O–H groups in total. The number of rotatable bonds is 5. The van der Waals surface area contributed by atoms with Crippen LogP contribution >= 0.6 is 0 Å². The van der Waals surface area contributed by atoms with Gasteiger partial charge in [0.25, 0.3) is 5.91 Å². The van der Waals surface area contributed by atoms with Gasteiger partial charge in [0.15, 0.2) is 0 Å². The summed E-state index contributed by atoms with van der Waals surface area (Å²) in [6.45, 7) is 5.59. The van der Waals surface area contributed by atoms with E-state index in [2.05, 4.69) is 15.6 Å². The maximum atomic E-state index is 12.0. The quantitative estimate of drug-likeness (QED) is 0.519. The summed E-state index contributed by atoms with van der Waals surface area (Å²) in [4.78, 5) is 22.1. The van der Waals surface area contributed by atoms with Crippen molar-refractivity contribution in [3.63, 3.8) is 0 Å². The Morgan fingerprint density at radius 1 is 1.39 bits per heavy atom. The van der Waals surface area contributed by atoms with E-state index in [-0.39, 0.29) is 18.3 Å². The Kier molecular flexibility index (Phi) is 4.85. The first kappa shape index (κ1) is 16.3. The summed E-state index contributed by atoms with van der Waals surface area (Å²) in [7, 11) is 0. The van der Waals surface area contributed by atoms with Crippen molar-refractivity contribution in [2.45, 2.75) is 27.3 Å². The highest BCUT2D eigenvalue weighted by Gasteiger charge is 2.15. The lowest BCUT2D eigenvalue weighted by Gasteiger charge is -2.03. The third kappa shape index (κ3) is 4.22. The van der Waals surface area contributed by atoms with Gasteiger partial charge in [0, 0.05) is 5.56 Å². The minimum atomic E-state index is -0.546. The fourth-order valence-corrected chi connectivity index (χ4v) is 1.99. The first-order chi connectivity index (χ1) is 10.9. The largest absolute Gasteiger partial charge is 0.390 e. The van der Waals surface area contributed by atoms with Gasteiger partial charge in [0.1, 0.15) is 6.54 Å². The van der Waals surface area contributed by atoms with Gasteiger partial charge in [-0.3, -0.25) is 4.79 Å². The van der Waals surface area contributed by atoms with E-state index < -0.39 is 4.92 Å². The zero-order valence-electron chi connectivity index (χ0n) is 13.1. The third-order valence-electron chi connectivity index (χ3n) is 3.16. The summed E-state index contributed by atoms with van der Waals surface area (Å²) >= 11 is 0. The van der Waals surface area contributed by atoms with Gasteiger partial charge in [-0.1, -0.05) is 17.7 Å². The fourth-order valence-electron chi connectivity index (χ4n) is 1.99. The Bertz CT molecular complexity index is 779. The van der Waals surface area contributed by atoms with Crippen molar-refractivity contribution in [3.8, 4) is 0 Å². The van der Waals surface area contributed by atoms with Gasteiger partial charge < -0.3 is 10.1 Å². The SMILES string of the molecule is C/C(Cn1nc([N+](=O)[O-])cc1C)=N/NC(=O)c1cccc(C)c1. The number of carbonyl (C=O) groups excluding carboxylic acids is 1. The van der Waals surface area contributed by atoms with Crippen LogP contribution in [0, 0.1) is 24.0 Å². The van der Waals surface area contributed by atoms with Crippen LogP contribution in [0.3, 0.4) is 0 Å². The van der Waals surface area contributed by atoms with Crippen molar-refractivity contribution in [1.82, 2.24) is 15.2 Å². The molecule has 0 saturated carbocycles. The van der Waals surface area contributed by atoms with E-state index in [1.807, 2.05) is 13.0 Å². The monoisotopic (exact) mass is 315 g/mol. The zero-order valence-corrected chi connectivity index (χ0v) is 13.1. The standard InChI is InChI=1S/C15H17N5O3/c1-10-5-4-6-13(7-10)15(21)17-16-11(2)9-19-12(3)8-14(18-19)20(22)23/h4-8H,9H2,1-3H3,(H,17,21)/b16-11-. The number of nitro groups is 1. The van der Waals surface area contributed by atoms with Crippen molar-refractivity contribution in [1.29, 1.82) is 0 Å². The molecule has 1 amide bonds. The maximum absolute atomic E-state index is 12.0. The molecule has 0 fully saturated rings. The van der Waals surface area contributed by atoms with Gasteiger partial charge in [0.05, 0.1) is 22.6 Å². The zero-order chi connectivity index (χ0) is 17.0.